The lowest BCUT2D eigenvalue weighted by molar-refractivity contribution is -0.116. The van der Waals surface area contributed by atoms with Gasteiger partial charge in [0.25, 0.3) is 5.91 Å². The fraction of sp³-hybridized carbons (Fsp3) is 0.462. The van der Waals surface area contributed by atoms with Crippen LogP contribution >= 0.6 is 0 Å². The van der Waals surface area contributed by atoms with E-state index in [1.807, 2.05) is 18.2 Å². The summed E-state index contributed by atoms with van der Waals surface area (Å²) < 4.78 is 0. The van der Waals surface area contributed by atoms with Gasteiger partial charge in [0, 0.05) is 37.4 Å². The average Bonchev–Trinajstić information content (AvgIpc) is 2.77. The molecule has 0 bridgehead atoms. The van der Waals surface area contributed by atoms with Gasteiger partial charge in [-0.3, -0.25) is 9.59 Å². The first-order valence-corrected chi connectivity index (χ1v) is 11.5. The number of carbonyl (C=O) groups is 2. The van der Waals surface area contributed by atoms with E-state index in [2.05, 4.69) is 60.6 Å². The number of anilines is 2. The Morgan fingerprint density at radius 1 is 1.06 bits per heavy atom. The van der Waals surface area contributed by atoms with Crippen LogP contribution in [0.1, 0.15) is 67.9 Å². The van der Waals surface area contributed by atoms with Gasteiger partial charge in [0.15, 0.2) is 0 Å². The lowest BCUT2D eigenvalue weighted by Crippen LogP contribution is -2.34. The van der Waals surface area contributed by atoms with Crippen molar-refractivity contribution < 1.29 is 9.59 Å². The fourth-order valence-electron chi connectivity index (χ4n) is 3.92. The third-order valence-electron chi connectivity index (χ3n) is 5.67. The van der Waals surface area contributed by atoms with Crippen molar-refractivity contribution in [2.75, 3.05) is 23.3 Å². The predicted molar refractivity (Wildman–Crippen MR) is 128 cm³/mol. The zero-order chi connectivity index (χ0) is 22.2. The SMILES string of the molecule is CCCCCC(=O)Nc1ccc(N2CCc3ccccc3C2)c(C(=O)NCC(C)C)c1. The van der Waals surface area contributed by atoms with Gasteiger partial charge < -0.3 is 15.5 Å². The minimum absolute atomic E-state index is 0.00152. The highest BCUT2D eigenvalue weighted by Gasteiger charge is 2.22. The molecule has 5 nitrogen and oxygen atoms in total. The van der Waals surface area contributed by atoms with Crippen LogP contribution in [0.25, 0.3) is 0 Å². The smallest absolute Gasteiger partial charge is 0.253 e. The van der Waals surface area contributed by atoms with E-state index in [9.17, 15) is 9.59 Å². The van der Waals surface area contributed by atoms with Crippen LogP contribution in [0.2, 0.25) is 0 Å². The number of nitrogens with zero attached hydrogens (tertiary/aromatic N) is 1. The summed E-state index contributed by atoms with van der Waals surface area (Å²) in [5.74, 6) is 0.280. The number of carbonyl (C=O) groups excluding carboxylic acids is 2. The van der Waals surface area contributed by atoms with E-state index in [1.54, 1.807) is 0 Å². The van der Waals surface area contributed by atoms with Crippen LogP contribution in [-0.4, -0.2) is 24.9 Å². The van der Waals surface area contributed by atoms with E-state index < -0.39 is 0 Å². The molecule has 1 aliphatic rings. The van der Waals surface area contributed by atoms with Crippen LogP contribution in [0.3, 0.4) is 0 Å². The molecule has 0 fully saturated rings. The molecule has 31 heavy (non-hydrogen) atoms. The van der Waals surface area contributed by atoms with Gasteiger partial charge in [0.1, 0.15) is 0 Å². The first-order valence-electron chi connectivity index (χ1n) is 11.5. The number of fused-ring (bicyclic) bond motifs is 1. The molecule has 0 atom stereocenters. The maximum absolute atomic E-state index is 13.1. The summed E-state index contributed by atoms with van der Waals surface area (Å²) in [6.07, 6.45) is 4.48. The molecule has 0 unspecified atom stereocenters. The van der Waals surface area contributed by atoms with E-state index in [-0.39, 0.29) is 11.8 Å². The Hall–Kier alpha value is -2.82. The first kappa shape index (κ1) is 22.9. The Morgan fingerprint density at radius 3 is 2.58 bits per heavy atom. The van der Waals surface area contributed by atoms with Gasteiger partial charge in [-0.25, -0.2) is 0 Å². The van der Waals surface area contributed by atoms with Gasteiger partial charge in [-0.1, -0.05) is 57.9 Å². The highest BCUT2D eigenvalue weighted by Crippen LogP contribution is 2.29. The van der Waals surface area contributed by atoms with E-state index >= 15 is 0 Å². The molecule has 2 amide bonds. The quantitative estimate of drug-likeness (QED) is 0.550. The van der Waals surface area contributed by atoms with E-state index in [1.165, 1.54) is 11.1 Å². The maximum Gasteiger partial charge on any atom is 0.253 e. The largest absolute Gasteiger partial charge is 0.366 e. The molecule has 1 heterocycles. The highest BCUT2D eigenvalue weighted by atomic mass is 16.2. The van der Waals surface area contributed by atoms with Crippen molar-refractivity contribution in [3.05, 3.63) is 59.2 Å². The Kier molecular flexibility index (Phi) is 8.10. The summed E-state index contributed by atoms with van der Waals surface area (Å²) in [6.45, 7) is 8.55. The van der Waals surface area contributed by atoms with Crippen molar-refractivity contribution in [3.63, 3.8) is 0 Å². The lowest BCUT2D eigenvalue weighted by Gasteiger charge is -2.32. The second kappa shape index (κ2) is 11.0. The van der Waals surface area contributed by atoms with Crippen LogP contribution in [0, 0.1) is 5.92 Å². The number of unbranched alkanes of at least 4 members (excludes halogenated alkanes) is 2. The molecule has 0 spiro atoms. The van der Waals surface area contributed by atoms with Crippen LogP contribution in [0.15, 0.2) is 42.5 Å². The monoisotopic (exact) mass is 421 g/mol. The third-order valence-corrected chi connectivity index (χ3v) is 5.67. The number of amides is 2. The van der Waals surface area contributed by atoms with Crippen molar-refractivity contribution in [1.29, 1.82) is 0 Å². The maximum atomic E-state index is 13.1. The summed E-state index contributed by atoms with van der Waals surface area (Å²) in [5, 5.41) is 6.01. The van der Waals surface area contributed by atoms with Crippen LogP contribution in [0.5, 0.6) is 0 Å². The van der Waals surface area contributed by atoms with E-state index in [0.717, 1.165) is 44.5 Å². The Bertz CT molecular complexity index is 907. The summed E-state index contributed by atoms with van der Waals surface area (Å²) >= 11 is 0. The molecule has 0 radical (unpaired) electrons. The summed E-state index contributed by atoms with van der Waals surface area (Å²) in [4.78, 5) is 27.6. The fourth-order valence-corrected chi connectivity index (χ4v) is 3.92. The zero-order valence-corrected chi connectivity index (χ0v) is 19.0. The zero-order valence-electron chi connectivity index (χ0n) is 19.0. The van der Waals surface area contributed by atoms with Gasteiger partial charge in [-0.2, -0.15) is 0 Å². The molecule has 0 saturated carbocycles. The van der Waals surface area contributed by atoms with Crippen LogP contribution in [0.4, 0.5) is 11.4 Å². The van der Waals surface area contributed by atoms with Gasteiger partial charge in [-0.15, -0.1) is 0 Å². The highest BCUT2D eigenvalue weighted by molar-refractivity contribution is 6.02. The van der Waals surface area contributed by atoms with Crippen molar-refractivity contribution >= 4 is 23.2 Å². The van der Waals surface area contributed by atoms with Gasteiger partial charge in [-0.05, 0) is 48.1 Å². The minimum Gasteiger partial charge on any atom is -0.366 e. The van der Waals surface area contributed by atoms with Crippen molar-refractivity contribution in [1.82, 2.24) is 5.32 Å². The number of nitrogens with one attached hydrogen (secondary N) is 2. The summed E-state index contributed by atoms with van der Waals surface area (Å²) in [5.41, 5.74) is 4.89. The third kappa shape index (κ3) is 6.33. The van der Waals surface area contributed by atoms with E-state index in [0.29, 0.717) is 30.1 Å². The minimum atomic E-state index is -0.0929. The molecule has 3 rings (SSSR count). The number of benzene rings is 2. The summed E-state index contributed by atoms with van der Waals surface area (Å²) in [6, 6.07) is 14.2. The Morgan fingerprint density at radius 2 is 1.84 bits per heavy atom. The molecular weight excluding hydrogens is 386 g/mol. The second-order valence-corrected chi connectivity index (χ2v) is 8.78. The molecule has 166 valence electrons. The van der Waals surface area contributed by atoms with E-state index in [4.69, 9.17) is 0 Å². The molecule has 0 aliphatic carbocycles. The first-order chi connectivity index (χ1) is 15.0. The standard InChI is InChI=1S/C26H35N3O2/c1-4-5-6-11-25(30)28-22-12-13-24(23(16-22)26(31)27-17-19(2)3)29-15-14-20-9-7-8-10-21(20)18-29/h7-10,12-13,16,19H,4-6,11,14-15,17-18H2,1-3H3,(H,27,31)(H,28,30). The van der Waals surface area contributed by atoms with Crippen LogP contribution < -0.4 is 15.5 Å². The molecule has 2 N–H and O–H groups in total. The van der Waals surface area contributed by atoms with Gasteiger partial charge in [0.05, 0.1) is 5.56 Å². The molecule has 0 aromatic heterocycles. The van der Waals surface area contributed by atoms with Crippen molar-refractivity contribution in [2.24, 2.45) is 5.92 Å². The summed E-state index contributed by atoms with van der Waals surface area (Å²) in [7, 11) is 0. The number of hydrogen-bond donors (Lipinski definition) is 2. The molecular formula is C26H35N3O2. The number of hydrogen-bond acceptors (Lipinski definition) is 3. The Balaban J connectivity index is 1.82. The number of rotatable bonds is 9. The Labute approximate surface area is 186 Å². The van der Waals surface area contributed by atoms with Crippen molar-refractivity contribution in [2.45, 2.75) is 59.4 Å². The molecule has 1 aliphatic heterocycles. The average molecular weight is 422 g/mol. The normalized spacial score (nSPS) is 13.1. The van der Waals surface area contributed by atoms with Crippen molar-refractivity contribution in [3.8, 4) is 0 Å². The molecule has 5 heteroatoms. The second-order valence-electron chi connectivity index (χ2n) is 8.78. The lowest BCUT2D eigenvalue weighted by atomic mass is 9.98. The van der Waals surface area contributed by atoms with Gasteiger partial charge in [0.2, 0.25) is 5.91 Å². The topological polar surface area (TPSA) is 61.4 Å². The molecule has 2 aromatic carbocycles. The molecule has 0 saturated heterocycles. The predicted octanol–water partition coefficient (Wildman–Crippen LogP) is 5.15. The molecule has 2 aromatic rings. The van der Waals surface area contributed by atoms with Gasteiger partial charge >= 0.3 is 0 Å². The van der Waals surface area contributed by atoms with Crippen LogP contribution in [-0.2, 0) is 17.8 Å².